The van der Waals surface area contributed by atoms with Crippen LogP contribution in [0.2, 0.25) is 0 Å². The smallest absolute Gasteiger partial charge is 0.168 e. The van der Waals surface area contributed by atoms with Crippen LogP contribution in [-0.2, 0) is 6.42 Å². The van der Waals surface area contributed by atoms with E-state index in [1.165, 1.54) is 23.4 Å². The molecule has 1 fully saturated rings. The molecule has 0 bridgehead atoms. The molecule has 2 aromatic rings. The predicted molar refractivity (Wildman–Crippen MR) is 73.0 cm³/mol. The van der Waals surface area contributed by atoms with E-state index < -0.39 is 5.82 Å². The Labute approximate surface area is 116 Å². The number of Topliss-reactive ketones (excluding diaryl/α,β-unsaturated/α-hetero) is 1. The van der Waals surface area contributed by atoms with E-state index in [0.717, 1.165) is 19.0 Å². The van der Waals surface area contributed by atoms with Crippen LogP contribution in [0.5, 0.6) is 0 Å². The van der Waals surface area contributed by atoms with Crippen molar-refractivity contribution in [2.45, 2.75) is 18.8 Å². The number of nitrogens with zero attached hydrogens (tertiary/aromatic N) is 1. The summed E-state index contributed by atoms with van der Waals surface area (Å²) >= 11 is 0. The second-order valence-electron chi connectivity index (χ2n) is 5.71. The molecule has 20 heavy (non-hydrogen) atoms. The second-order valence-corrected chi connectivity index (χ2v) is 5.71. The number of ketones is 1. The van der Waals surface area contributed by atoms with Gasteiger partial charge >= 0.3 is 0 Å². The van der Waals surface area contributed by atoms with Crippen LogP contribution >= 0.6 is 0 Å². The molecule has 0 radical (unpaired) electrons. The van der Waals surface area contributed by atoms with E-state index in [1.807, 2.05) is 6.07 Å². The van der Waals surface area contributed by atoms with E-state index in [9.17, 15) is 9.18 Å². The number of aromatic nitrogens is 1. The van der Waals surface area contributed by atoms with Crippen molar-refractivity contribution in [1.82, 2.24) is 4.98 Å². The van der Waals surface area contributed by atoms with Crippen LogP contribution in [0.4, 0.5) is 4.39 Å². The number of benzene rings is 1. The van der Waals surface area contributed by atoms with Crippen molar-refractivity contribution in [2.24, 2.45) is 11.8 Å². The SMILES string of the molecule is O=C(c1cncc(F)c1)C1C2CCc3ccccc3C21. The van der Waals surface area contributed by atoms with Gasteiger partial charge in [-0.05, 0) is 41.9 Å². The Balaban J connectivity index is 1.65. The summed E-state index contributed by atoms with van der Waals surface area (Å²) < 4.78 is 13.2. The zero-order valence-electron chi connectivity index (χ0n) is 10.9. The van der Waals surface area contributed by atoms with Gasteiger partial charge < -0.3 is 0 Å². The molecular formula is C17H14FNO. The Hall–Kier alpha value is -2.03. The van der Waals surface area contributed by atoms with Crippen LogP contribution in [0, 0.1) is 17.7 Å². The molecule has 3 unspecified atom stereocenters. The van der Waals surface area contributed by atoms with E-state index in [-0.39, 0.29) is 11.7 Å². The Morgan fingerprint density at radius 1 is 1.25 bits per heavy atom. The summed E-state index contributed by atoms with van der Waals surface area (Å²) in [6.07, 6.45) is 4.71. The maximum atomic E-state index is 13.2. The fourth-order valence-electron chi connectivity index (χ4n) is 3.66. The van der Waals surface area contributed by atoms with E-state index in [2.05, 4.69) is 23.2 Å². The van der Waals surface area contributed by atoms with Gasteiger partial charge in [-0.15, -0.1) is 0 Å². The van der Waals surface area contributed by atoms with Gasteiger partial charge in [-0.2, -0.15) is 0 Å². The van der Waals surface area contributed by atoms with E-state index in [0.29, 0.717) is 17.4 Å². The normalized spacial score (nSPS) is 26.6. The largest absolute Gasteiger partial charge is 0.294 e. The minimum Gasteiger partial charge on any atom is -0.294 e. The first kappa shape index (κ1) is 11.8. The first-order valence-corrected chi connectivity index (χ1v) is 6.98. The van der Waals surface area contributed by atoms with Crippen LogP contribution in [0.25, 0.3) is 0 Å². The Bertz CT molecular complexity index is 697. The second kappa shape index (κ2) is 4.23. The van der Waals surface area contributed by atoms with Crippen LogP contribution < -0.4 is 0 Å². The molecule has 3 heteroatoms. The number of halogens is 1. The number of carbonyl (C=O) groups is 1. The monoisotopic (exact) mass is 267 g/mol. The third-order valence-electron chi connectivity index (χ3n) is 4.62. The molecule has 100 valence electrons. The Kier molecular flexibility index (Phi) is 2.49. The maximum Gasteiger partial charge on any atom is 0.168 e. The molecule has 4 rings (SSSR count). The summed E-state index contributed by atoms with van der Waals surface area (Å²) in [4.78, 5) is 16.3. The van der Waals surface area contributed by atoms with E-state index in [1.54, 1.807) is 0 Å². The molecular weight excluding hydrogens is 253 g/mol. The van der Waals surface area contributed by atoms with Gasteiger partial charge in [0.15, 0.2) is 5.78 Å². The van der Waals surface area contributed by atoms with Crippen LogP contribution in [0.3, 0.4) is 0 Å². The van der Waals surface area contributed by atoms with Crippen molar-refractivity contribution in [3.05, 3.63) is 65.2 Å². The summed E-state index contributed by atoms with van der Waals surface area (Å²) in [6, 6.07) is 9.66. The van der Waals surface area contributed by atoms with Gasteiger partial charge in [-0.1, -0.05) is 24.3 Å². The first-order valence-electron chi connectivity index (χ1n) is 6.98. The number of pyridine rings is 1. The number of hydrogen-bond acceptors (Lipinski definition) is 2. The highest BCUT2D eigenvalue weighted by atomic mass is 19.1. The molecule has 0 N–H and O–H groups in total. The Morgan fingerprint density at radius 2 is 2.10 bits per heavy atom. The first-order chi connectivity index (χ1) is 9.75. The topological polar surface area (TPSA) is 30.0 Å². The summed E-state index contributed by atoms with van der Waals surface area (Å²) in [5.74, 6) is 0.377. The quantitative estimate of drug-likeness (QED) is 0.781. The van der Waals surface area contributed by atoms with Gasteiger partial charge in [0.05, 0.1) is 6.20 Å². The molecule has 1 saturated carbocycles. The summed E-state index contributed by atoms with van der Waals surface area (Å²) in [7, 11) is 0. The fourth-order valence-corrected chi connectivity index (χ4v) is 3.66. The lowest BCUT2D eigenvalue weighted by Crippen LogP contribution is -2.05. The lowest BCUT2D eigenvalue weighted by Gasteiger charge is -2.13. The molecule has 1 heterocycles. The van der Waals surface area contributed by atoms with Crippen molar-refractivity contribution >= 4 is 5.78 Å². The zero-order valence-corrected chi connectivity index (χ0v) is 10.9. The predicted octanol–water partition coefficient (Wildman–Crippen LogP) is 3.38. The maximum absolute atomic E-state index is 13.2. The molecule has 3 atom stereocenters. The lowest BCUT2D eigenvalue weighted by molar-refractivity contribution is 0.0958. The summed E-state index contributed by atoms with van der Waals surface area (Å²) in [5, 5.41) is 0. The standard InChI is InChI=1S/C17H14FNO/c18-12-7-11(8-19-9-12)17(20)16-14-6-5-10-3-1-2-4-13(10)15(14)16/h1-4,7-9,14-16H,5-6H2. The molecule has 0 spiro atoms. The highest BCUT2D eigenvalue weighted by molar-refractivity contribution is 6.00. The number of hydrogen-bond donors (Lipinski definition) is 0. The summed E-state index contributed by atoms with van der Waals surface area (Å²) in [5.41, 5.74) is 3.08. The van der Waals surface area contributed by atoms with Gasteiger partial charge in [0.1, 0.15) is 5.82 Å². The van der Waals surface area contributed by atoms with Gasteiger partial charge in [0.2, 0.25) is 0 Å². The number of fused-ring (bicyclic) bond motifs is 3. The van der Waals surface area contributed by atoms with Crippen LogP contribution in [0.15, 0.2) is 42.7 Å². The lowest BCUT2D eigenvalue weighted by atomic mass is 9.92. The van der Waals surface area contributed by atoms with E-state index >= 15 is 0 Å². The molecule has 1 aromatic carbocycles. The number of aryl methyl sites for hydroxylation is 1. The van der Waals surface area contributed by atoms with Crippen molar-refractivity contribution < 1.29 is 9.18 Å². The zero-order chi connectivity index (χ0) is 13.7. The highest BCUT2D eigenvalue weighted by Crippen LogP contribution is 2.60. The fraction of sp³-hybridized carbons (Fsp3) is 0.294. The van der Waals surface area contributed by atoms with Gasteiger partial charge in [0.25, 0.3) is 0 Å². The third-order valence-corrected chi connectivity index (χ3v) is 4.62. The minimum atomic E-state index is -0.445. The molecule has 1 aromatic heterocycles. The van der Waals surface area contributed by atoms with Crippen molar-refractivity contribution in [2.75, 3.05) is 0 Å². The molecule has 0 amide bonds. The average Bonchev–Trinajstić information content (AvgIpc) is 3.21. The van der Waals surface area contributed by atoms with Crippen LogP contribution in [0.1, 0.15) is 33.8 Å². The molecule has 0 saturated heterocycles. The van der Waals surface area contributed by atoms with Gasteiger partial charge in [-0.3, -0.25) is 9.78 Å². The molecule has 2 aliphatic rings. The number of rotatable bonds is 2. The highest BCUT2D eigenvalue weighted by Gasteiger charge is 2.56. The molecule has 0 aliphatic heterocycles. The van der Waals surface area contributed by atoms with Crippen molar-refractivity contribution in [3.63, 3.8) is 0 Å². The number of carbonyl (C=O) groups excluding carboxylic acids is 1. The Morgan fingerprint density at radius 3 is 2.95 bits per heavy atom. The summed E-state index contributed by atoms with van der Waals surface area (Å²) in [6.45, 7) is 0. The average molecular weight is 267 g/mol. The third kappa shape index (κ3) is 1.69. The van der Waals surface area contributed by atoms with Crippen molar-refractivity contribution in [3.8, 4) is 0 Å². The van der Waals surface area contributed by atoms with Crippen molar-refractivity contribution in [1.29, 1.82) is 0 Å². The molecule has 2 nitrogen and oxygen atoms in total. The van der Waals surface area contributed by atoms with Crippen LogP contribution in [-0.4, -0.2) is 10.8 Å². The van der Waals surface area contributed by atoms with Gasteiger partial charge in [0, 0.05) is 17.7 Å². The van der Waals surface area contributed by atoms with Gasteiger partial charge in [-0.25, -0.2) is 4.39 Å². The molecule has 2 aliphatic carbocycles. The minimum absolute atomic E-state index is 0.0160. The van der Waals surface area contributed by atoms with E-state index in [4.69, 9.17) is 0 Å².